The van der Waals surface area contributed by atoms with E-state index in [1.165, 1.54) is 23.5 Å². The van der Waals surface area contributed by atoms with Crippen LogP contribution in [0, 0.1) is 0 Å². The Bertz CT molecular complexity index is 963. The third-order valence-corrected chi connectivity index (χ3v) is 4.59. The quantitative estimate of drug-likeness (QED) is 0.583. The van der Waals surface area contributed by atoms with E-state index < -0.39 is 6.61 Å². The van der Waals surface area contributed by atoms with Crippen LogP contribution in [0.25, 0.3) is 0 Å². The molecule has 3 rings (SSSR count). The molecule has 0 aliphatic rings. The smallest absolute Gasteiger partial charge is 0.387 e. The van der Waals surface area contributed by atoms with Crippen molar-refractivity contribution in [3.05, 3.63) is 76.8 Å². The van der Waals surface area contributed by atoms with E-state index in [4.69, 9.17) is 0 Å². The highest BCUT2D eigenvalue weighted by atomic mass is 32.1. The molecule has 0 spiro atoms. The second kappa shape index (κ2) is 9.74. The van der Waals surface area contributed by atoms with E-state index in [9.17, 15) is 18.4 Å². The van der Waals surface area contributed by atoms with Crippen molar-refractivity contribution in [3.63, 3.8) is 0 Å². The normalized spacial score (nSPS) is 10.6. The van der Waals surface area contributed by atoms with Crippen LogP contribution in [0.15, 0.2) is 60.0 Å². The maximum Gasteiger partial charge on any atom is 0.387 e. The lowest BCUT2D eigenvalue weighted by Crippen LogP contribution is -2.24. The number of amides is 2. The van der Waals surface area contributed by atoms with Crippen LogP contribution in [-0.4, -0.2) is 23.4 Å². The zero-order valence-corrected chi connectivity index (χ0v) is 15.9. The number of ether oxygens (including phenoxy) is 1. The van der Waals surface area contributed by atoms with Crippen LogP contribution in [0.5, 0.6) is 5.75 Å². The van der Waals surface area contributed by atoms with Gasteiger partial charge in [0.2, 0.25) is 5.91 Å². The Morgan fingerprint density at radius 1 is 1.07 bits per heavy atom. The molecule has 0 aliphatic heterocycles. The van der Waals surface area contributed by atoms with E-state index in [0.29, 0.717) is 16.4 Å². The first-order valence-corrected chi connectivity index (χ1v) is 9.49. The zero-order valence-electron chi connectivity index (χ0n) is 15.1. The molecule has 0 bridgehead atoms. The van der Waals surface area contributed by atoms with Gasteiger partial charge in [-0.2, -0.15) is 8.78 Å². The summed E-state index contributed by atoms with van der Waals surface area (Å²) in [6, 6.07) is 14.8. The number of carbonyl (C=O) groups excluding carboxylic acids is 2. The molecule has 2 amide bonds. The van der Waals surface area contributed by atoms with Crippen molar-refractivity contribution in [1.82, 2.24) is 10.3 Å². The molecular formula is C20H17F2N3O3S. The maximum absolute atomic E-state index is 12.1. The van der Waals surface area contributed by atoms with Gasteiger partial charge in [0, 0.05) is 17.5 Å². The number of nitrogens with zero attached hydrogens (tertiary/aromatic N) is 1. The summed E-state index contributed by atoms with van der Waals surface area (Å²) >= 11 is 1.24. The number of hydrogen-bond acceptors (Lipinski definition) is 5. The van der Waals surface area contributed by atoms with Crippen LogP contribution >= 0.6 is 11.3 Å². The average Bonchev–Trinajstić information content (AvgIpc) is 3.14. The molecule has 1 aromatic heterocycles. The minimum atomic E-state index is -2.87. The van der Waals surface area contributed by atoms with Gasteiger partial charge in [-0.05, 0) is 29.8 Å². The molecule has 0 saturated carbocycles. The molecule has 1 heterocycles. The topological polar surface area (TPSA) is 80.3 Å². The van der Waals surface area contributed by atoms with Gasteiger partial charge >= 0.3 is 6.61 Å². The highest BCUT2D eigenvalue weighted by molar-refractivity contribution is 7.14. The first-order chi connectivity index (χ1) is 14.0. The van der Waals surface area contributed by atoms with Crippen LogP contribution < -0.4 is 15.4 Å². The van der Waals surface area contributed by atoms with E-state index in [1.807, 2.05) is 6.07 Å². The Morgan fingerprint density at radius 2 is 1.79 bits per heavy atom. The summed E-state index contributed by atoms with van der Waals surface area (Å²) in [5.74, 6) is -0.456. The first kappa shape index (κ1) is 20.4. The van der Waals surface area contributed by atoms with Gasteiger partial charge in [0.25, 0.3) is 5.91 Å². The predicted octanol–water partition coefficient (Wildman–Crippen LogP) is 3.86. The molecule has 0 unspecified atom stereocenters. The van der Waals surface area contributed by atoms with E-state index in [1.54, 1.807) is 41.8 Å². The molecule has 0 aliphatic carbocycles. The van der Waals surface area contributed by atoms with Crippen LogP contribution in [-0.2, 0) is 17.8 Å². The summed E-state index contributed by atoms with van der Waals surface area (Å²) in [6.45, 7) is -2.63. The Hall–Kier alpha value is -3.33. The van der Waals surface area contributed by atoms with Crippen LogP contribution in [0.1, 0.15) is 21.6 Å². The van der Waals surface area contributed by atoms with Crippen LogP contribution in [0.3, 0.4) is 0 Å². The Kier molecular flexibility index (Phi) is 6.85. The fourth-order valence-electron chi connectivity index (χ4n) is 2.42. The molecule has 9 heteroatoms. The fourth-order valence-corrected chi connectivity index (χ4v) is 3.13. The molecule has 150 valence electrons. The van der Waals surface area contributed by atoms with Crippen molar-refractivity contribution in [3.8, 4) is 5.75 Å². The lowest BCUT2D eigenvalue weighted by molar-refractivity contribution is -0.120. The number of halogens is 2. The number of thiazole rings is 1. The SMILES string of the molecule is O=C(Cc1csc(NC(=O)c2ccccc2)n1)NCc1ccc(OC(F)F)cc1. The minimum absolute atomic E-state index is 0.0580. The van der Waals surface area contributed by atoms with Crippen molar-refractivity contribution in [2.24, 2.45) is 0 Å². The second-order valence-corrected chi connectivity index (χ2v) is 6.80. The molecule has 29 heavy (non-hydrogen) atoms. The summed E-state index contributed by atoms with van der Waals surface area (Å²) in [7, 11) is 0. The largest absolute Gasteiger partial charge is 0.435 e. The predicted molar refractivity (Wildman–Crippen MR) is 105 cm³/mol. The third-order valence-electron chi connectivity index (χ3n) is 3.79. The van der Waals surface area contributed by atoms with Gasteiger partial charge in [-0.25, -0.2) is 4.98 Å². The van der Waals surface area contributed by atoms with E-state index >= 15 is 0 Å². The van der Waals surface area contributed by atoms with Crippen molar-refractivity contribution < 1.29 is 23.1 Å². The summed E-state index contributed by atoms with van der Waals surface area (Å²) in [5, 5.41) is 7.55. The monoisotopic (exact) mass is 417 g/mol. The van der Waals surface area contributed by atoms with Crippen LogP contribution in [0.4, 0.5) is 13.9 Å². The Labute approximate surface area is 169 Å². The Balaban J connectivity index is 1.47. The summed E-state index contributed by atoms with van der Waals surface area (Å²) < 4.78 is 28.5. The molecule has 3 aromatic rings. The number of benzene rings is 2. The van der Waals surface area contributed by atoms with Crippen molar-refractivity contribution >= 4 is 28.3 Å². The van der Waals surface area contributed by atoms with Crippen molar-refractivity contribution in [1.29, 1.82) is 0 Å². The highest BCUT2D eigenvalue weighted by Gasteiger charge is 2.11. The van der Waals surface area contributed by atoms with E-state index in [2.05, 4.69) is 20.4 Å². The van der Waals surface area contributed by atoms with Gasteiger partial charge in [0.1, 0.15) is 5.75 Å². The number of rotatable bonds is 8. The van der Waals surface area contributed by atoms with Crippen molar-refractivity contribution in [2.45, 2.75) is 19.6 Å². The van der Waals surface area contributed by atoms with Gasteiger partial charge in [-0.3, -0.25) is 14.9 Å². The third kappa shape index (κ3) is 6.35. The zero-order chi connectivity index (χ0) is 20.6. The van der Waals surface area contributed by atoms with Crippen molar-refractivity contribution in [2.75, 3.05) is 5.32 Å². The molecule has 6 nitrogen and oxygen atoms in total. The summed E-state index contributed by atoms with van der Waals surface area (Å²) in [5.41, 5.74) is 1.80. The van der Waals surface area contributed by atoms with Gasteiger partial charge in [0.15, 0.2) is 5.13 Å². The van der Waals surface area contributed by atoms with Gasteiger partial charge in [-0.1, -0.05) is 30.3 Å². The molecule has 2 N–H and O–H groups in total. The summed E-state index contributed by atoms with van der Waals surface area (Å²) in [6.07, 6.45) is 0.0598. The van der Waals surface area contributed by atoms with E-state index in [-0.39, 0.29) is 30.5 Å². The number of carbonyl (C=O) groups is 2. The fraction of sp³-hybridized carbons (Fsp3) is 0.150. The van der Waals surface area contributed by atoms with E-state index in [0.717, 1.165) is 5.56 Å². The lowest BCUT2D eigenvalue weighted by Gasteiger charge is -2.07. The molecule has 2 aromatic carbocycles. The minimum Gasteiger partial charge on any atom is -0.435 e. The van der Waals surface area contributed by atoms with Gasteiger partial charge in [0.05, 0.1) is 12.1 Å². The van der Waals surface area contributed by atoms with Crippen LogP contribution in [0.2, 0.25) is 0 Å². The lowest BCUT2D eigenvalue weighted by atomic mass is 10.2. The van der Waals surface area contributed by atoms with Gasteiger partial charge < -0.3 is 10.1 Å². The molecule has 0 fully saturated rings. The molecule has 0 radical (unpaired) electrons. The summed E-state index contributed by atoms with van der Waals surface area (Å²) in [4.78, 5) is 28.5. The number of alkyl halides is 2. The molecular weight excluding hydrogens is 400 g/mol. The average molecular weight is 417 g/mol. The Morgan fingerprint density at radius 3 is 2.48 bits per heavy atom. The number of nitrogens with one attached hydrogen (secondary N) is 2. The second-order valence-electron chi connectivity index (χ2n) is 5.94. The first-order valence-electron chi connectivity index (χ1n) is 8.61. The maximum atomic E-state index is 12.1. The molecule has 0 saturated heterocycles. The molecule has 0 atom stereocenters. The number of aromatic nitrogens is 1. The highest BCUT2D eigenvalue weighted by Crippen LogP contribution is 2.17. The number of hydrogen-bond donors (Lipinski definition) is 2. The van der Waals surface area contributed by atoms with Gasteiger partial charge in [-0.15, -0.1) is 11.3 Å². The number of anilines is 1. The standard InChI is InChI=1S/C20H17F2N3O3S/c21-19(22)28-16-8-6-13(7-9-16)11-23-17(26)10-15-12-29-20(24-15)25-18(27)14-4-2-1-3-5-14/h1-9,12,19H,10-11H2,(H,23,26)(H,24,25,27).